The van der Waals surface area contributed by atoms with Gasteiger partial charge in [-0.15, -0.1) is 0 Å². The molecule has 4 fully saturated rings. The van der Waals surface area contributed by atoms with Crippen LogP contribution in [0, 0.1) is 34.5 Å². The Kier molecular flexibility index (Phi) is 7.33. The second-order valence-corrected chi connectivity index (χ2v) is 11.3. The minimum atomic E-state index is -5.27. The number of carbonyl (C=O) groups is 5. The van der Waals surface area contributed by atoms with Crippen LogP contribution in [-0.2, 0) is 24.0 Å². The lowest BCUT2D eigenvalue weighted by molar-refractivity contribution is -0.176. The number of hydrogen-bond donors (Lipinski definition) is 4. The fraction of sp³-hybridized carbons (Fsp3) is 0.750. The predicted octanol–water partition coefficient (Wildman–Crippen LogP) is -0.280. The minimum absolute atomic E-state index is 0.0393. The summed E-state index contributed by atoms with van der Waals surface area (Å²) < 4.78 is 39.7. The van der Waals surface area contributed by atoms with Crippen molar-refractivity contribution in [3.8, 4) is 6.07 Å². The van der Waals surface area contributed by atoms with Gasteiger partial charge in [0, 0.05) is 24.4 Å². The van der Waals surface area contributed by atoms with E-state index in [9.17, 15) is 42.4 Å². The molecule has 14 heteroatoms. The first-order valence-electron chi connectivity index (χ1n) is 12.7. The minimum Gasteiger partial charge on any atom is -0.354 e. The van der Waals surface area contributed by atoms with Gasteiger partial charge in [-0.3, -0.25) is 24.0 Å². The summed E-state index contributed by atoms with van der Waals surface area (Å²) in [6, 6.07) is -2.85. The van der Waals surface area contributed by atoms with E-state index in [1.165, 1.54) is 18.7 Å². The standard InChI is InChI=1S/C24H31F3N6O5/c1-23(2)10-29-19(35)15-7-12(18(34)31-15)6-13(8-28)30-20(36)16-14-5-3-4-11(14)9-33(16)21(37)17(23)32-22(38)24(25,26)27/h11-17H,3-7,9-10H2,1-2H3,(H,29,35)(H,30,36)(H,31,34)(H,32,38)/t11-,12?,13-,14-,15-,16-,17+/m0/s1. The van der Waals surface area contributed by atoms with Crippen molar-refractivity contribution in [1.82, 2.24) is 26.2 Å². The summed E-state index contributed by atoms with van der Waals surface area (Å²) in [7, 11) is 0. The molecule has 5 amide bonds. The van der Waals surface area contributed by atoms with E-state index >= 15 is 0 Å². The van der Waals surface area contributed by atoms with Gasteiger partial charge < -0.3 is 26.2 Å². The van der Waals surface area contributed by atoms with Crippen molar-refractivity contribution in [3.63, 3.8) is 0 Å². The zero-order valence-corrected chi connectivity index (χ0v) is 21.1. The van der Waals surface area contributed by atoms with Crippen molar-refractivity contribution in [3.05, 3.63) is 0 Å². The van der Waals surface area contributed by atoms with Crippen LogP contribution in [0.2, 0.25) is 0 Å². The van der Waals surface area contributed by atoms with E-state index in [1.54, 1.807) is 5.32 Å². The van der Waals surface area contributed by atoms with E-state index in [-0.39, 0.29) is 37.8 Å². The average Bonchev–Trinajstić information content (AvgIpc) is 3.53. The Balaban J connectivity index is 1.73. The average molecular weight is 541 g/mol. The number of halogens is 3. The molecular formula is C24H31F3N6O5. The molecule has 0 aromatic heterocycles. The van der Waals surface area contributed by atoms with Crippen LogP contribution in [-0.4, -0.2) is 77.9 Å². The molecule has 2 bridgehead atoms. The monoisotopic (exact) mass is 540 g/mol. The Bertz CT molecular complexity index is 1070. The van der Waals surface area contributed by atoms with Gasteiger partial charge in [0.05, 0.1) is 6.07 Å². The van der Waals surface area contributed by atoms with Gasteiger partial charge in [-0.05, 0) is 37.5 Å². The molecular weight excluding hydrogens is 509 g/mol. The molecule has 11 nitrogen and oxygen atoms in total. The number of amides is 5. The van der Waals surface area contributed by atoms with Gasteiger partial charge in [0.15, 0.2) is 0 Å². The number of rotatable bonds is 1. The number of alkyl halides is 3. The number of carbonyl (C=O) groups excluding carboxylic acids is 5. The number of hydrogen-bond acceptors (Lipinski definition) is 6. The van der Waals surface area contributed by atoms with Crippen molar-refractivity contribution in [2.45, 2.75) is 76.3 Å². The summed E-state index contributed by atoms with van der Waals surface area (Å²) in [6.07, 6.45) is -3.08. The molecule has 3 saturated heterocycles. The van der Waals surface area contributed by atoms with E-state index < -0.39 is 71.2 Å². The van der Waals surface area contributed by atoms with Crippen LogP contribution in [0.3, 0.4) is 0 Å². The second-order valence-electron chi connectivity index (χ2n) is 11.3. The predicted molar refractivity (Wildman–Crippen MR) is 123 cm³/mol. The molecule has 3 aliphatic heterocycles. The fourth-order valence-electron chi connectivity index (χ4n) is 6.18. The Morgan fingerprint density at radius 1 is 1.08 bits per heavy atom. The SMILES string of the molecule is CC1(C)CNC(=O)[C@@H]2CC(C[C@@H](C#N)NC(=O)[C@@H]3[C@H]4CCC[C@H]4CN3C(=O)[C@H]1NC(=O)C(F)(F)F)C(=O)N2. The third-order valence-electron chi connectivity index (χ3n) is 8.24. The molecule has 4 rings (SSSR count). The van der Waals surface area contributed by atoms with E-state index in [0.717, 1.165) is 12.8 Å². The van der Waals surface area contributed by atoms with Crippen molar-refractivity contribution in [2.24, 2.45) is 23.2 Å². The lowest BCUT2D eigenvalue weighted by Crippen LogP contribution is -2.62. The summed E-state index contributed by atoms with van der Waals surface area (Å²) in [5.41, 5.74) is -1.41. The van der Waals surface area contributed by atoms with E-state index in [1.807, 2.05) is 6.07 Å². The molecule has 4 N–H and O–H groups in total. The van der Waals surface area contributed by atoms with Gasteiger partial charge in [0.1, 0.15) is 24.2 Å². The molecule has 3 heterocycles. The number of nitriles is 1. The molecule has 208 valence electrons. The van der Waals surface area contributed by atoms with Gasteiger partial charge in [-0.1, -0.05) is 20.3 Å². The van der Waals surface area contributed by atoms with Crippen molar-refractivity contribution in [2.75, 3.05) is 13.1 Å². The van der Waals surface area contributed by atoms with Crippen molar-refractivity contribution < 1.29 is 37.1 Å². The topological polar surface area (TPSA) is 160 Å². The van der Waals surface area contributed by atoms with Crippen LogP contribution in [0.4, 0.5) is 13.2 Å². The molecule has 38 heavy (non-hydrogen) atoms. The van der Waals surface area contributed by atoms with Crippen LogP contribution in [0.5, 0.6) is 0 Å². The molecule has 4 aliphatic rings. The lowest BCUT2D eigenvalue weighted by Gasteiger charge is -2.38. The fourth-order valence-corrected chi connectivity index (χ4v) is 6.18. The largest absolute Gasteiger partial charge is 0.471 e. The second kappa shape index (κ2) is 10.1. The number of nitrogens with zero attached hydrogens (tertiary/aromatic N) is 2. The van der Waals surface area contributed by atoms with E-state index in [2.05, 4.69) is 16.0 Å². The van der Waals surface area contributed by atoms with Crippen LogP contribution < -0.4 is 21.3 Å². The molecule has 0 aromatic carbocycles. The van der Waals surface area contributed by atoms with Crippen LogP contribution in [0.1, 0.15) is 46.0 Å². The Labute approximate surface area is 217 Å². The Hall–Kier alpha value is -3.37. The van der Waals surface area contributed by atoms with Crippen LogP contribution in [0.15, 0.2) is 0 Å². The molecule has 1 unspecified atom stereocenters. The lowest BCUT2D eigenvalue weighted by atomic mass is 9.82. The Morgan fingerprint density at radius 3 is 2.45 bits per heavy atom. The summed E-state index contributed by atoms with van der Waals surface area (Å²) in [5.74, 6) is -5.89. The third-order valence-corrected chi connectivity index (χ3v) is 8.24. The molecule has 1 aliphatic carbocycles. The quantitative estimate of drug-likeness (QED) is 0.358. The zero-order chi connectivity index (χ0) is 28.0. The summed E-state index contributed by atoms with van der Waals surface area (Å²) in [6.45, 7) is 2.68. The smallest absolute Gasteiger partial charge is 0.354 e. The summed E-state index contributed by atoms with van der Waals surface area (Å²) in [4.78, 5) is 65.8. The summed E-state index contributed by atoms with van der Waals surface area (Å²) >= 11 is 0. The highest BCUT2D eigenvalue weighted by atomic mass is 19.4. The maximum absolute atomic E-state index is 13.9. The first-order chi connectivity index (χ1) is 17.7. The molecule has 0 radical (unpaired) electrons. The zero-order valence-electron chi connectivity index (χ0n) is 21.1. The van der Waals surface area contributed by atoms with Gasteiger partial charge >= 0.3 is 12.1 Å². The van der Waals surface area contributed by atoms with Crippen LogP contribution in [0.25, 0.3) is 0 Å². The summed E-state index contributed by atoms with van der Waals surface area (Å²) in [5, 5.41) is 19.2. The highest BCUT2D eigenvalue weighted by Crippen LogP contribution is 2.43. The first-order valence-corrected chi connectivity index (χ1v) is 12.7. The van der Waals surface area contributed by atoms with E-state index in [4.69, 9.17) is 0 Å². The van der Waals surface area contributed by atoms with Gasteiger partial charge in [-0.25, -0.2) is 0 Å². The maximum atomic E-state index is 13.9. The van der Waals surface area contributed by atoms with Crippen LogP contribution >= 0.6 is 0 Å². The first kappa shape index (κ1) is 27.7. The highest BCUT2D eigenvalue weighted by Gasteiger charge is 2.54. The van der Waals surface area contributed by atoms with E-state index in [0.29, 0.717) is 6.42 Å². The van der Waals surface area contributed by atoms with Crippen molar-refractivity contribution in [1.29, 1.82) is 5.26 Å². The van der Waals surface area contributed by atoms with Gasteiger partial charge in [0.25, 0.3) is 0 Å². The number of nitrogens with one attached hydrogen (secondary N) is 4. The third kappa shape index (κ3) is 5.28. The molecule has 0 spiro atoms. The number of fused-ring (bicyclic) bond motifs is 5. The molecule has 1 saturated carbocycles. The Morgan fingerprint density at radius 2 is 1.79 bits per heavy atom. The maximum Gasteiger partial charge on any atom is 0.471 e. The normalized spacial score (nSPS) is 35.6. The highest BCUT2D eigenvalue weighted by molar-refractivity contribution is 5.95. The molecule has 7 atom stereocenters. The van der Waals surface area contributed by atoms with Gasteiger partial charge in [0.2, 0.25) is 23.6 Å². The molecule has 0 aromatic rings. The van der Waals surface area contributed by atoms with Gasteiger partial charge in [-0.2, -0.15) is 18.4 Å². The van der Waals surface area contributed by atoms with Crippen molar-refractivity contribution >= 4 is 29.5 Å².